The molecule has 0 aromatic heterocycles. The second-order valence-electron chi connectivity index (χ2n) is 4.40. The van der Waals surface area contributed by atoms with Gasteiger partial charge < -0.3 is 4.74 Å². The van der Waals surface area contributed by atoms with Crippen molar-refractivity contribution in [2.75, 3.05) is 13.7 Å². The molecule has 0 amide bonds. The Morgan fingerprint density at radius 3 is 2.00 bits per heavy atom. The second kappa shape index (κ2) is 11.6. The minimum Gasteiger partial charge on any atom is -0.469 e. The average molecular weight is 312 g/mol. The number of carbonyl (C=O) groups excluding carboxylic acids is 1. The first-order valence-electron chi connectivity index (χ1n) is 6.64. The van der Waals surface area contributed by atoms with Crippen LogP contribution in [0, 0.1) is 0 Å². The van der Waals surface area contributed by atoms with Gasteiger partial charge in [0.1, 0.15) is 0 Å². The summed E-state index contributed by atoms with van der Waals surface area (Å²) in [7, 11) is -2.04. The SMILES string of the molecule is COC(=O)CCCCCCCCCCOS(=O)(O)=S. The highest BCUT2D eigenvalue weighted by Crippen LogP contribution is 2.10. The van der Waals surface area contributed by atoms with Crippen LogP contribution in [0.5, 0.6) is 0 Å². The van der Waals surface area contributed by atoms with E-state index in [2.05, 4.69) is 20.1 Å². The lowest BCUT2D eigenvalue weighted by molar-refractivity contribution is -0.140. The van der Waals surface area contributed by atoms with E-state index in [0.29, 0.717) is 6.42 Å². The van der Waals surface area contributed by atoms with Gasteiger partial charge >= 0.3 is 5.97 Å². The van der Waals surface area contributed by atoms with E-state index >= 15 is 0 Å². The molecule has 0 aliphatic heterocycles. The largest absolute Gasteiger partial charge is 0.469 e. The van der Waals surface area contributed by atoms with E-state index in [-0.39, 0.29) is 12.6 Å². The molecule has 5 nitrogen and oxygen atoms in total. The van der Waals surface area contributed by atoms with Gasteiger partial charge in [0.05, 0.1) is 13.7 Å². The standard InChI is InChI=1S/C12H24O5S2/c1-16-12(13)10-8-6-4-2-3-5-7-9-11-17-19(14,15)18/h2-11H2,1H3,(H,14,15,18). The molecule has 0 radical (unpaired) electrons. The number of carbonyl (C=O) groups is 1. The van der Waals surface area contributed by atoms with Gasteiger partial charge in [0.2, 0.25) is 0 Å². The van der Waals surface area contributed by atoms with Crippen LogP contribution in [0.2, 0.25) is 0 Å². The van der Waals surface area contributed by atoms with Crippen molar-refractivity contribution in [1.82, 2.24) is 0 Å². The van der Waals surface area contributed by atoms with Crippen molar-refractivity contribution in [3.63, 3.8) is 0 Å². The van der Waals surface area contributed by atoms with Crippen molar-refractivity contribution < 1.29 is 22.5 Å². The van der Waals surface area contributed by atoms with Gasteiger partial charge in [-0.1, -0.05) is 38.5 Å². The Morgan fingerprint density at radius 2 is 1.53 bits per heavy atom. The number of esters is 1. The molecular formula is C12H24O5S2. The maximum Gasteiger partial charge on any atom is 0.305 e. The summed E-state index contributed by atoms with van der Waals surface area (Å²) in [6, 6.07) is 0. The molecule has 0 spiro atoms. The van der Waals surface area contributed by atoms with Crippen LogP contribution in [-0.4, -0.2) is 28.4 Å². The molecule has 19 heavy (non-hydrogen) atoms. The summed E-state index contributed by atoms with van der Waals surface area (Å²) in [5.41, 5.74) is 0. The zero-order valence-electron chi connectivity index (χ0n) is 11.5. The molecule has 1 atom stereocenters. The molecule has 1 unspecified atom stereocenters. The Hall–Kier alpha value is -0.240. The maximum atomic E-state index is 10.8. The van der Waals surface area contributed by atoms with Crippen molar-refractivity contribution >= 4 is 26.2 Å². The van der Waals surface area contributed by atoms with Crippen LogP contribution in [-0.2, 0) is 34.0 Å². The Bertz CT molecular complexity index is 327. The Balaban J connectivity index is 3.13. The number of ether oxygens (including phenoxy) is 1. The topological polar surface area (TPSA) is 72.8 Å². The van der Waals surface area contributed by atoms with Crippen molar-refractivity contribution in [3.8, 4) is 0 Å². The van der Waals surface area contributed by atoms with Crippen LogP contribution in [0.4, 0.5) is 0 Å². The minimum atomic E-state index is -3.45. The van der Waals surface area contributed by atoms with Crippen molar-refractivity contribution in [1.29, 1.82) is 0 Å². The lowest BCUT2D eigenvalue weighted by Gasteiger charge is -2.03. The van der Waals surface area contributed by atoms with E-state index in [1.165, 1.54) is 7.11 Å². The first-order chi connectivity index (χ1) is 8.95. The Morgan fingerprint density at radius 1 is 1.05 bits per heavy atom. The van der Waals surface area contributed by atoms with Gasteiger partial charge in [-0.3, -0.25) is 13.5 Å². The fourth-order valence-corrected chi connectivity index (χ4v) is 2.23. The predicted octanol–water partition coefficient (Wildman–Crippen LogP) is 2.82. The Labute approximate surface area is 120 Å². The van der Waals surface area contributed by atoms with Gasteiger partial charge in [0.15, 0.2) is 0 Å². The minimum absolute atomic E-state index is 0.137. The summed E-state index contributed by atoms with van der Waals surface area (Å²) in [6.07, 6.45) is 8.71. The molecule has 0 aliphatic carbocycles. The molecule has 0 aliphatic rings. The molecule has 114 valence electrons. The molecular weight excluding hydrogens is 288 g/mol. The van der Waals surface area contributed by atoms with Gasteiger partial charge in [-0.15, -0.1) is 0 Å². The van der Waals surface area contributed by atoms with Gasteiger partial charge in [0, 0.05) is 17.6 Å². The summed E-state index contributed by atoms with van der Waals surface area (Å²) < 4.78 is 28.4. The third-order valence-electron chi connectivity index (χ3n) is 2.74. The van der Waals surface area contributed by atoms with Crippen LogP contribution < -0.4 is 0 Å². The predicted molar refractivity (Wildman–Crippen MR) is 77.7 cm³/mol. The van der Waals surface area contributed by atoms with Gasteiger partial charge in [-0.05, 0) is 12.8 Å². The third-order valence-corrected chi connectivity index (χ3v) is 3.49. The van der Waals surface area contributed by atoms with Crippen molar-refractivity contribution in [2.45, 2.75) is 57.8 Å². The molecule has 7 heteroatoms. The van der Waals surface area contributed by atoms with Crippen LogP contribution in [0.25, 0.3) is 0 Å². The van der Waals surface area contributed by atoms with Crippen LogP contribution >= 0.6 is 0 Å². The molecule has 0 fully saturated rings. The van der Waals surface area contributed by atoms with E-state index in [1.807, 2.05) is 0 Å². The van der Waals surface area contributed by atoms with Gasteiger partial charge in [0.25, 0.3) is 9.05 Å². The fourth-order valence-electron chi connectivity index (χ4n) is 1.70. The van der Waals surface area contributed by atoms with Gasteiger partial charge in [-0.25, -0.2) is 0 Å². The summed E-state index contributed by atoms with van der Waals surface area (Å²) in [4.78, 5) is 10.8. The lowest BCUT2D eigenvalue weighted by atomic mass is 10.1. The van der Waals surface area contributed by atoms with E-state index in [0.717, 1.165) is 51.4 Å². The summed E-state index contributed by atoms with van der Waals surface area (Å²) in [5, 5.41) is 0. The summed E-state index contributed by atoms with van der Waals surface area (Å²) >= 11 is 4.20. The van der Waals surface area contributed by atoms with E-state index in [4.69, 9.17) is 4.55 Å². The third kappa shape index (κ3) is 15.7. The number of rotatable bonds is 12. The molecule has 1 N–H and O–H groups in total. The summed E-state index contributed by atoms with van der Waals surface area (Å²) in [6.45, 7) is 0.248. The van der Waals surface area contributed by atoms with E-state index in [1.54, 1.807) is 0 Å². The lowest BCUT2D eigenvalue weighted by Crippen LogP contribution is -2.03. The zero-order chi connectivity index (χ0) is 14.6. The highest BCUT2D eigenvalue weighted by Gasteiger charge is 2.00. The van der Waals surface area contributed by atoms with Crippen molar-refractivity contribution in [3.05, 3.63) is 0 Å². The average Bonchev–Trinajstić information content (AvgIpc) is 2.34. The smallest absolute Gasteiger partial charge is 0.305 e. The zero-order valence-corrected chi connectivity index (χ0v) is 13.1. The monoisotopic (exact) mass is 312 g/mol. The van der Waals surface area contributed by atoms with Crippen molar-refractivity contribution in [2.24, 2.45) is 0 Å². The molecule has 0 bridgehead atoms. The highest BCUT2D eigenvalue weighted by molar-refractivity contribution is 8.27. The van der Waals surface area contributed by atoms with Crippen LogP contribution in [0.3, 0.4) is 0 Å². The molecule has 0 heterocycles. The molecule has 0 saturated carbocycles. The molecule has 0 saturated heterocycles. The highest BCUT2D eigenvalue weighted by atomic mass is 32.9. The number of methoxy groups -OCH3 is 1. The maximum absolute atomic E-state index is 10.8. The first-order valence-corrected chi connectivity index (χ1v) is 9.01. The van der Waals surface area contributed by atoms with Crippen LogP contribution in [0.15, 0.2) is 0 Å². The van der Waals surface area contributed by atoms with Crippen LogP contribution in [0.1, 0.15) is 57.8 Å². The molecule has 0 rings (SSSR count). The summed E-state index contributed by atoms with van der Waals surface area (Å²) in [5.74, 6) is -0.137. The number of unbranched alkanes of at least 4 members (excludes halogenated alkanes) is 7. The normalized spacial score (nSPS) is 14.0. The quantitative estimate of drug-likeness (QED) is 0.441. The fraction of sp³-hybridized carbons (Fsp3) is 0.917. The number of hydrogen-bond donors (Lipinski definition) is 1. The van der Waals surface area contributed by atoms with E-state index < -0.39 is 9.05 Å². The second-order valence-corrected chi connectivity index (χ2v) is 6.76. The van der Waals surface area contributed by atoms with Gasteiger partial charge in [-0.2, -0.15) is 4.21 Å². The van der Waals surface area contributed by atoms with E-state index in [9.17, 15) is 9.00 Å². The molecule has 0 aromatic carbocycles. The Kier molecular flexibility index (Phi) is 11.4. The molecule has 0 aromatic rings. The number of hydrogen-bond acceptors (Lipinski definition) is 5. The first kappa shape index (κ1) is 18.8.